The number of rotatable bonds is 3. The largest absolute Gasteiger partial charge is 0.545 e. The van der Waals surface area contributed by atoms with Gasteiger partial charge in [-0.15, -0.1) is 5.10 Å². The van der Waals surface area contributed by atoms with E-state index in [0.717, 1.165) is 20.6 Å². The van der Waals surface area contributed by atoms with Crippen LogP contribution in [-0.2, 0) is 7.05 Å². The van der Waals surface area contributed by atoms with Crippen LogP contribution in [0, 0.1) is 0 Å². The number of benzene rings is 2. The number of fused-ring (bicyclic) bond motifs is 1. The van der Waals surface area contributed by atoms with Crippen molar-refractivity contribution < 1.29 is 9.90 Å². The van der Waals surface area contributed by atoms with Crippen molar-refractivity contribution in [2.75, 3.05) is 0 Å². The first-order valence-electron chi connectivity index (χ1n) is 6.58. The highest BCUT2D eigenvalue weighted by Gasteiger charge is 2.00. The second kappa shape index (κ2) is 5.95. The van der Waals surface area contributed by atoms with E-state index < -0.39 is 5.97 Å². The molecule has 0 bridgehead atoms. The first-order chi connectivity index (χ1) is 10.6. The van der Waals surface area contributed by atoms with Crippen LogP contribution in [0.25, 0.3) is 10.2 Å². The van der Waals surface area contributed by atoms with Gasteiger partial charge in [-0.3, -0.25) is 0 Å². The predicted octanol–water partition coefficient (Wildman–Crippen LogP) is 1.54. The number of carboxylic acid groups (broad SMARTS) is 1. The monoisotopic (exact) mass is 310 g/mol. The van der Waals surface area contributed by atoms with Gasteiger partial charge in [-0.1, -0.05) is 47.7 Å². The lowest BCUT2D eigenvalue weighted by Gasteiger charge is -2.00. The van der Waals surface area contributed by atoms with Gasteiger partial charge in [0, 0.05) is 7.05 Å². The Hall–Kier alpha value is -2.73. The lowest BCUT2D eigenvalue weighted by molar-refractivity contribution is -0.255. The van der Waals surface area contributed by atoms with E-state index in [2.05, 4.69) is 10.2 Å². The molecule has 0 unspecified atom stereocenters. The van der Waals surface area contributed by atoms with Crippen molar-refractivity contribution in [3.63, 3.8) is 0 Å². The fraction of sp³-hybridized carbons (Fsp3) is 0.0625. The van der Waals surface area contributed by atoms with Gasteiger partial charge in [0.25, 0.3) is 0 Å². The summed E-state index contributed by atoms with van der Waals surface area (Å²) in [5.41, 5.74) is 2.03. The molecule has 0 spiro atoms. The van der Waals surface area contributed by atoms with Gasteiger partial charge in [-0.25, -0.2) is 0 Å². The molecule has 22 heavy (non-hydrogen) atoms. The van der Waals surface area contributed by atoms with Crippen molar-refractivity contribution >= 4 is 33.7 Å². The van der Waals surface area contributed by atoms with E-state index >= 15 is 0 Å². The van der Waals surface area contributed by atoms with E-state index in [1.165, 1.54) is 12.1 Å². The Kier molecular flexibility index (Phi) is 3.84. The van der Waals surface area contributed by atoms with Crippen molar-refractivity contribution in [1.82, 2.24) is 4.57 Å². The highest BCUT2D eigenvalue weighted by atomic mass is 32.1. The van der Waals surface area contributed by atoms with Gasteiger partial charge in [0.05, 0.1) is 22.4 Å². The molecule has 3 rings (SSSR count). The lowest BCUT2D eigenvalue weighted by atomic mass is 10.1. The zero-order valence-corrected chi connectivity index (χ0v) is 12.6. The Labute approximate surface area is 130 Å². The number of aromatic nitrogens is 1. The molecule has 0 aliphatic carbocycles. The van der Waals surface area contributed by atoms with Crippen LogP contribution in [0.1, 0.15) is 15.9 Å². The van der Waals surface area contributed by atoms with Crippen LogP contribution in [0.3, 0.4) is 0 Å². The third kappa shape index (κ3) is 2.82. The molecule has 0 N–H and O–H groups in total. The number of aryl methyl sites for hydroxylation is 1. The standard InChI is InChI=1S/C16H13N3O2S/c1-19-13-4-2-3-5-14(13)22-16(19)18-17-10-11-6-8-12(9-7-11)15(20)21/h2-10H,1H3,(H,20,21)/p-1/b17-10?,18-16-. The minimum Gasteiger partial charge on any atom is -0.545 e. The maximum atomic E-state index is 10.7. The van der Waals surface area contributed by atoms with E-state index in [9.17, 15) is 9.90 Å². The molecule has 6 heteroatoms. The average Bonchev–Trinajstić information content (AvgIpc) is 2.85. The second-order valence-corrected chi connectivity index (χ2v) is 5.67. The molecule has 0 atom stereocenters. The molecule has 0 saturated carbocycles. The van der Waals surface area contributed by atoms with Crippen molar-refractivity contribution in [2.24, 2.45) is 17.3 Å². The minimum atomic E-state index is -1.19. The summed E-state index contributed by atoms with van der Waals surface area (Å²) in [5.74, 6) is -1.19. The van der Waals surface area contributed by atoms with E-state index in [0.29, 0.717) is 0 Å². The van der Waals surface area contributed by atoms with Gasteiger partial charge in [0.2, 0.25) is 4.80 Å². The second-order valence-electron chi connectivity index (χ2n) is 4.67. The fourth-order valence-corrected chi connectivity index (χ4v) is 3.00. The Balaban J connectivity index is 1.88. The zero-order chi connectivity index (χ0) is 15.5. The lowest BCUT2D eigenvalue weighted by Crippen LogP contribution is -2.21. The van der Waals surface area contributed by atoms with E-state index in [-0.39, 0.29) is 5.56 Å². The third-order valence-electron chi connectivity index (χ3n) is 3.21. The maximum absolute atomic E-state index is 10.7. The molecule has 0 radical (unpaired) electrons. The first-order valence-corrected chi connectivity index (χ1v) is 7.40. The van der Waals surface area contributed by atoms with Crippen LogP contribution >= 0.6 is 11.3 Å². The first kappa shape index (κ1) is 14.2. The number of aromatic carboxylic acids is 1. The third-order valence-corrected chi connectivity index (χ3v) is 4.31. The summed E-state index contributed by atoms with van der Waals surface area (Å²) in [4.78, 5) is 11.5. The van der Waals surface area contributed by atoms with Crippen LogP contribution < -0.4 is 9.91 Å². The number of carboxylic acids is 1. The highest BCUT2D eigenvalue weighted by molar-refractivity contribution is 7.16. The number of nitrogens with zero attached hydrogens (tertiary/aromatic N) is 3. The molecule has 110 valence electrons. The van der Waals surface area contributed by atoms with Crippen molar-refractivity contribution in [2.45, 2.75) is 0 Å². The zero-order valence-electron chi connectivity index (χ0n) is 11.8. The van der Waals surface area contributed by atoms with Gasteiger partial charge >= 0.3 is 0 Å². The van der Waals surface area contributed by atoms with Gasteiger partial charge in [0.1, 0.15) is 0 Å². The van der Waals surface area contributed by atoms with Crippen LogP contribution in [0.4, 0.5) is 0 Å². The molecule has 0 amide bonds. The Morgan fingerprint density at radius 2 is 1.91 bits per heavy atom. The van der Waals surface area contributed by atoms with Crippen LogP contribution in [0.5, 0.6) is 0 Å². The fourth-order valence-electron chi connectivity index (χ4n) is 2.03. The predicted molar refractivity (Wildman–Crippen MR) is 84.7 cm³/mol. The summed E-state index contributed by atoms with van der Waals surface area (Å²) in [7, 11) is 1.95. The summed E-state index contributed by atoms with van der Waals surface area (Å²) < 4.78 is 3.13. The molecule has 1 aromatic heterocycles. The van der Waals surface area contributed by atoms with E-state index in [1.54, 1.807) is 29.7 Å². The maximum Gasteiger partial charge on any atom is 0.211 e. The molecular formula is C16H12N3O2S-. The number of hydrogen-bond donors (Lipinski definition) is 0. The van der Waals surface area contributed by atoms with Crippen LogP contribution in [0.15, 0.2) is 58.7 Å². The highest BCUT2D eigenvalue weighted by Crippen LogP contribution is 2.15. The molecular weight excluding hydrogens is 298 g/mol. The number of carbonyl (C=O) groups is 1. The molecule has 5 nitrogen and oxygen atoms in total. The average molecular weight is 310 g/mol. The summed E-state index contributed by atoms with van der Waals surface area (Å²) in [6.07, 6.45) is 1.59. The molecule has 3 aromatic rings. The van der Waals surface area contributed by atoms with E-state index in [4.69, 9.17) is 0 Å². The Bertz CT molecular complexity index is 920. The van der Waals surface area contributed by atoms with Gasteiger partial charge < -0.3 is 14.5 Å². The topological polar surface area (TPSA) is 69.8 Å². The molecule has 2 aromatic carbocycles. The van der Waals surface area contributed by atoms with Crippen molar-refractivity contribution in [3.8, 4) is 0 Å². The van der Waals surface area contributed by atoms with Crippen molar-refractivity contribution in [3.05, 3.63) is 64.5 Å². The summed E-state index contributed by atoms with van der Waals surface area (Å²) in [5, 5.41) is 19.0. The number of hydrogen-bond acceptors (Lipinski definition) is 5. The molecule has 0 fully saturated rings. The Morgan fingerprint density at radius 3 is 2.59 bits per heavy atom. The number of thiazole rings is 1. The Morgan fingerprint density at radius 1 is 1.18 bits per heavy atom. The van der Waals surface area contributed by atoms with Crippen LogP contribution in [0.2, 0.25) is 0 Å². The van der Waals surface area contributed by atoms with Crippen LogP contribution in [-0.4, -0.2) is 16.8 Å². The minimum absolute atomic E-state index is 0.144. The summed E-state index contributed by atoms with van der Waals surface area (Å²) >= 11 is 1.56. The van der Waals surface area contributed by atoms with Gasteiger partial charge in [-0.2, -0.15) is 5.10 Å². The van der Waals surface area contributed by atoms with E-state index in [1.807, 2.05) is 35.9 Å². The molecule has 0 aliphatic heterocycles. The SMILES string of the molecule is Cn1/c(=N/N=Cc2ccc(C(=O)[O-])cc2)sc2ccccc21. The van der Waals surface area contributed by atoms with Gasteiger partial charge in [-0.05, 0) is 23.3 Å². The van der Waals surface area contributed by atoms with Crippen molar-refractivity contribution in [1.29, 1.82) is 0 Å². The smallest absolute Gasteiger partial charge is 0.211 e. The normalized spacial score (nSPS) is 12.3. The molecule has 0 saturated heterocycles. The summed E-state index contributed by atoms with van der Waals surface area (Å²) in [6.45, 7) is 0. The molecule has 0 aliphatic rings. The van der Waals surface area contributed by atoms with Gasteiger partial charge in [0.15, 0.2) is 0 Å². The molecule has 1 heterocycles. The summed E-state index contributed by atoms with van der Waals surface area (Å²) in [6, 6.07) is 14.3. The number of carbonyl (C=O) groups excluding carboxylic acids is 1. The number of para-hydroxylation sites is 1. The quantitative estimate of drug-likeness (QED) is 0.544.